The van der Waals surface area contributed by atoms with Crippen LogP contribution in [0, 0.1) is 13.8 Å². The Labute approximate surface area is 82.8 Å². The van der Waals surface area contributed by atoms with Gasteiger partial charge in [0.1, 0.15) is 5.76 Å². The average molecular weight is 196 g/mol. The first-order chi connectivity index (χ1) is 6.20. The van der Waals surface area contributed by atoms with E-state index in [0.717, 1.165) is 23.4 Å². The van der Waals surface area contributed by atoms with Crippen LogP contribution in [0.5, 0.6) is 0 Å². The number of nitrogens with zero attached hydrogens (tertiary/aromatic N) is 2. The van der Waals surface area contributed by atoms with Crippen LogP contribution >= 0.6 is 12.2 Å². The lowest BCUT2D eigenvalue weighted by Gasteiger charge is -2.06. The highest BCUT2D eigenvalue weighted by Crippen LogP contribution is 2.26. The number of hydrogen-bond donors (Lipinski definition) is 0. The van der Waals surface area contributed by atoms with Crippen molar-refractivity contribution in [1.82, 2.24) is 5.16 Å². The van der Waals surface area contributed by atoms with Crippen LogP contribution in [0.4, 0.5) is 0 Å². The quantitative estimate of drug-likeness (QED) is 0.551. The molecule has 1 aromatic heterocycles. The minimum Gasteiger partial charge on any atom is -0.361 e. The summed E-state index contributed by atoms with van der Waals surface area (Å²) in [6, 6.07) is 0.0451. The first kappa shape index (κ1) is 10.1. The third-order valence-electron chi connectivity index (χ3n) is 2.02. The summed E-state index contributed by atoms with van der Waals surface area (Å²) >= 11 is 4.59. The molecule has 0 amide bonds. The van der Waals surface area contributed by atoms with Gasteiger partial charge in [0.15, 0.2) is 0 Å². The molecule has 3 nitrogen and oxygen atoms in total. The van der Waals surface area contributed by atoms with E-state index in [9.17, 15) is 0 Å². The maximum absolute atomic E-state index is 5.05. The molecule has 0 saturated carbocycles. The third-order valence-corrected chi connectivity index (χ3v) is 2.12. The van der Waals surface area contributed by atoms with Crippen molar-refractivity contribution in [2.75, 3.05) is 0 Å². The van der Waals surface area contributed by atoms with Crippen molar-refractivity contribution >= 4 is 17.4 Å². The molecule has 0 fully saturated rings. The van der Waals surface area contributed by atoms with Gasteiger partial charge in [-0.25, -0.2) is 4.99 Å². The molecule has 1 aromatic rings. The average Bonchev–Trinajstić information content (AvgIpc) is 2.43. The molecule has 1 unspecified atom stereocenters. The van der Waals surface area contributed by atoms with E-state index in [2.05, 4.69) is 27.5 Å². The largest absolute Gasteiger partial charge is 0.361 e. The van der Waals surface area contributed by atoms with E-state index in [0.29, 0.717) is 0 Å². The number of aromatic nitrogens is 1. The van der Waals surface area contributed by atoms with Crippen LogP contribution in [0.2, 0.25) is 0 Å². The predicted molar refractivity (Wildman–Crippen MR) is 54.0 cm³/mol. The van der Waals surface area contributed by atoms with Gasteiger partial charge in [-0.3, -0.25) is 0 Å². The molecule has 0 radical (unpaired) electrons. The Bertz CT molecular complexity index is 320. The standard InChI is InChI=1S/C9H12N2OS/c1-4-8(10-5-13)9-6(2)11-12-7(9)3/h8H,4H2,1-3H3. The molecular weight excluding hydrogens is 184 g/mol. The lowest BCUT2D eigenvalue weighted by molar-refractivity contribution is 0.391. The zero-order valence-corrected chi connectivity index (χ0v) is 8.81. The molecule has 0 saturated heterocycles. The van der Waals surface area contributed by atoms with Gasteiger partial charge in [0.25, 0.3) is 0 Å². The summed E-state index contributed by atoms with van der Waals surface area (Å²) in [5.41, 5.74) is 1.93. The molecule has 0 aromatic carbocycles. The second-order valence-electron chi connectivity index (χ2n) is 2.88. The van der Waals surface area contributed by atoms with E-state index in [1.165, 1.54) is 0 Å². The van der Waals surface area contributed by atoms with Gasteiger partial charge in [-0.15, -0.1) is 0 Å². The van der Waals surface area contributed by atoms with Gasteiger partial charge in [0.05, 0.1) is 16.9 Å². The number of rotatable bonds is 3. The lowest BCUT2D eigenvalue weighted by atomic mass is 10.0. The fourth-order valence-corrected chi connectivity index (χ4v) is 1.52. The van der Waals surface area contributed by atoms with E-state index in [4.69, 9.17) is 4.52 Å². The first-order valence-electron chi connectivity index (χ1n) is 4.20. The van der Waals surface area contributed by atoms with Crippen molar-refractivity contribution in [2.24, 2.45) is 4.99 Å². The zero-order chi connectivity index (χ0) is 9.84. The minimum absolute atomic E-state index is 0.0451. The van der Waals surface area contributed by atoms with Gasteiger partial charge in [-0.05, 0) is 32.5 Å². The maximum atomic E-state index is 5.05. The number of aryl methyl sites for hydroxylation is 2. The van der Waals surface area contributed by atoms with Crippen LogP contribution < -0.4 is 0 Å². The first-order valence-corrected chi connectivity index (χ1v) is 4.61. The molecule has 0 N–H and O–H groups in total. The molecule has 4 heteroatoms. The highest BCUT2D eigenvalue weighted by atomic mass is 32.1. The maximum Gasteiger partial charge on any atom is 0.139 e. The molecular formula is C9H12N2OS. The Hall–Kier alpha value is -0.990. The highest BCUT2D eigenvalue weighted by molar-refractivity contribution is 7.78. The molecule has 0 bridgehead atoms. The van der Waals surface area contributed by atoms with Crippen LogP contribution in [-0.4, -0.2) is 10.3 Å². The Kier molecular flexibility index (Phi) is 3.34. The Morgan fingerprint density at radius 1 is 1.62 bits per heavy atom. The smallest absolute Gasteiger partial charge is 0.139 e. The van der Waals surface area contributed by atoms with Gasteiger partial charge >= 0.3 is 0 Å². The van der Waals surface area contributed by atoms with Crippen LogP contribution in [0.15, 0.2) is 9.52 Å². The summed E-state index contributed by atoms with van der Waals surface area (Å²) in [4.78, 5) is 4.07. The van der Waals surface area contributed by atoms with Crippen molar-refractivity contribution in [3.05, 3.63) is 17.0 Å². The van der Waals surface area contributed by atoms with Gasteiger partial charge in [0.2, 0.25) is 0 Å². The summed E-state index contributed by atoms with van der Waals surface area (Å²) in [5, 5.41) is 6.27. The summed E-state index contributed by atoms with van der Waals surface area (Å²) < 4.78 is 5.05. The van der Waals surface area contributed by atoms with E-state index in [1.54, 1.807) is 0 Å². The SMILES string of the molecule is CCC(N=C=S)c1c(C)noc1C. The van der Waals surface area contributed by atoms with E-state index < -0.39 is 0 Å². The van der Waals surface area contributed by atoms with Crippen molar-refractivity contribution in [3.8, 4) is 0 Å². The third kappa shape index (κ3) is 2.02. The molecule has 0 aliphatic rings. The summed E-state index contributed by atoms with van der Waals surface area (Å²) in [7, 11) is 0. The topological polar surface area (TPSA) is 38.4 Å². The summed E-state index contributed by atoms with van der Waals surface area (Å²) in [6.45, 7) is 5.84. The van der Waals surface area contributed by atoms with Gasteiger partial charge < -0.3 is 4.52 Å². The zero-order valence-electron chi connectivity index (χ0n) is 8.00. The van der Waals surface area contributed by atoms with Gasteiger partial charge in [-0.2, -0.15) is 0 Å². The molecule has 13 heavy (non-hydrogen) atoms. The number of hydrogen-bond acceptors (Lipinski definition) is 4. The van der Waals surface area contributed by atoms with Gasteiger partial charge in [0, 0.05) is 5.56 Å². The van der Waals surface area contributed by atoms with E-state index >= 15 is 0 Å². The Morgan fingerprint density at radius 2 is 2.31 bits per heavy atom. The monoisotopic (exact) mass is 196 g/mol. The van der Waals surface area contributed by atoms with Crippen LogP contribution in [-0.2, 0) is 0 Å². The molecule has 0 aliphatic heterocycles. The molecule has 0 aliphatic carbocycles. The Morgan fingerprint density at radius 3 is 2.69 bits per heavy atom. The van der Waals surface area contributed by atoms with Crippen molar-refractivity contribution in [3.63, 3.8) is 0 Å². The lowest BCUT2D eigenvalue weighted by Crippen LogP contribution is -1.96. The number of thiocarbonyl (C=S) groups is 1. The Balaban J connectivity index is 3.09. The minimum atomic E-state index is 0.0451. The van der Waals surface area contributed by atoms with Crippen LogP contribution in [0.25, 0.3) is 0 Å². The molecule has 1 atom stereocenters. The molecule has 1 rings (SSSR count). The van der Waals surface area contributed by atoms with Crippen molar-refractivity contribution < 1.29 is 4.52 Å². The molecule has 70 valence electrons. The van der Waals surface area contributed by atoms with Crippen molar-refractivity contribution in [2.45, 2.75) is 33.2 Å². The highest BCUT2D eigenvalue weighted by Gasteiger charge is 2.17. The van der Waals surface area contributed by atoms with E-state index in [1.807, 2.05) is 20.8 Å². The van der Waals surface area contributed by atoms with Gasteiger partial charge in [-0.1, -0.05) is 12.1 Å². The molecule has 0 spiro atoms. The second-order valence-corrected chi connectivity index (χ2v) is 3.06. The number of isothiocyanates is 1. The normalized spacial score (nSPS) is 12.2. The second kappa shape index (κ2) is 4.30. The molecule has 1 heterocycles. The van der Waals surface area contributed by atoms with E-state index in [-0.39, 0.29) is 6.04 Å². The van der Waals surface area contributed by atoms with Crippen LogP contribution in [0.1, 0.15) is 36.4 Å². The fraction of sp³-hybridized carbons (Fsp3) is 0.556. The van der Waals surface area contributed by atoms with Crippen molar-refractivity contribution in [1.29, 1.82) is 0 Å². The van der Waals surface area contributed by atoms with Crippen LogP contribution in [0.3, 0.4) is 0 Å². The summed E-state index contributed by atoms with van der Waals surface area (Å²) in [5.74, 6) is 0.818. The fourth-order valence-electron chi connectivity index (χ4n) is 1.39. The number of aliphatic imine (C=N–C) groups is 1. The predicted octanol–water partition coefficient (Wildman–Crippen LogP) is 2.85. The summed E-state index contributed by atoms with van der Waals surface area (Å²) in [6.07, 6.45) is 0.881.